The first-order valence-electron chi connectivity index (χ1n) is 23.7. The topological polar surface area (TPSA) is 249 Å². The van der Waals surface area contributed by atoms with E-state index in [1.165, 1.54) is 12.0 Å². The van der Waals surface area contributed by atoms with Crippen molar-refractivity contribution in [2.75, 3.05) is 26.7 Å². The van der Waals surface area contributed by atoms with Gasteiger partial charge in [-0.25, -0.2) is 19.2 Å². The predicted molar refractivity (Wildman–Crippen MR) is 262 cm³/mol. The van der Waals surface area contributed by atoms with Gasteiger partial charge in [0.15, 0.2) is 5.54 Å². The predicted octanol–water partition coefficient (Wildman–Crippen LogP) is 5.23. The Balaban J connectivity index is 1.95. The highest BCUT2D eigenvalue weighted by atomic mass is 16.6. The zero-order chi connectivity index (χ0) is 52.7. The molecule has 1 saturated heterocycles. The molecule has 388 valence electrons. The van der Waals surface area contributed by atoms with Gasteiger partial charge in [0.1, 0.15) is 41.0 Å². The number of benzene rings is 2. The maximum atomic E-state index is 14.6. The van der Waals surface area contributed by atoms with Crippen molar-refractivity contribution < 1.29 is 57.3 Å². The van der Waals surface area contributed by atoms with E-state index in [-0.39, 0.29) is 45.3 Å². The molecule has 0 saturated carbocycles. The summed E-state index contributed by atoms with van der Waals surface area (Å²) < 4.78 is 21.3. The lowest BCUT2D eigenvalue weighted by Gasteiger charge is -2.34. The minimum Gasteiger partial charge on any atom is -0.467 e. The van der Waals surface area contributed by atoms with E-state index in [1.54, 1.807) is 132 Å². The Labute approximate surface area is 413 Å². The molecule has 7 amide bonds. The molecule has 0 aliphatic carbocycles. The van der Waals surface area contributed by atoms with Crippen LogP contribution in [0.1, 0.15) is 120 Å². The summed E-state index contributed by atoms with van der Waals surface area (Å²) in [5, 5.41) is 16.5. The van der Waals surface area contributed by atoms with Gasteiger partial charge in [-0.2, -0.15) is 0 Å². The largest absolute Gasteiger partial charge is 0.467 e. The van der Waals surface area contributed by atoms with Gasteiger partial charge < -0.3 is 55.7 Å². The monoisotopic (exact) mass is 980 g/mol. The number of carbonyl (C=O) groups excluding carboxylic acids is 8. The van der Waals surface area contributed by atoms with Crippen molar-refractivity contribution >= 4 is 47.9 Å². The Morgan fingerprint density at radius 3 is 1.56 bits per heavy atom. The van der Waals surface area contributed by atoms with Crippen molar-refractivity contribution in [1.29, 1.82) is 0 Å². The number of unbranched alkanes of at least 4 members (excludes halogenated alkanes) is 1. The lowest BCUT2D eigenvalue weighted by atomic mass is 9.85. The molecule has 0 spiro atoms. The van der Waals surface area contributed by atoms with E-state index in [0.29, 0.717) is 18.4 Å². The molecule has 5 atom stereocenters. The highest BCUT2D eigenvalue weighted by Crippen LogP contribution is 2.26. The van der Waals surface area contributed by atoms with Crippen LogP contribution in [0.3, 0.4) is 0 Å². The first kappa shape index (κ1) is 57.9. The highest BCUT2D eigenvalue weighted by Gasteiger charge is 2.50. The fraction of sp³-hybridized carbons (Fsp3) is 0.608. The van der Waals surface area contributed by atoms with Crippen molar-refractivity contribution in [2.45, 2.75) is 168 Å². The van der Waals surface area contributed by atoms with Crippen LogP contribution in [0.4, 0.5) is 14.4 Å². The minimum atomic E-state index is -1.65. The normalized spacial score (nSPS) is 16.8. The molecule has 19 nitrogen and oxygen atoms in total. The molecule has 0 radical (unpaired) electrons. The average Bonchev–Trinajstić information content (AvgIpc) is 3.66. The third-order valence-corrected chi connectivity index (χ3v) is 10.7. The maximum absolute atomic E-state index is 14.6. The van der Waals surface area contributed by atoms with Gasteiger partial charge in [-0.15, -0.1) is 0 Å². The summed E-state index contributed by atoms with van der Waals surface area (Å²) in [5.41, 5.74) is -3.65. The van der Waals surface area contributed by atoms with Gasteiger partial charge in [0, 0.05) is 32.4 Å². The summed E-state index contributed by atoms with van der Waals surface area (Å²) in [4.78, 5) is 111. The van der Waals surface area contributed by atoms with Crippen LogP contribution in [0.5, 0.6) is 0 Å². The molecule has 19 heteroatoms. The van der Waals surface area contributed by atoms with Crippen LogP contribution in [-0.2, 0) is 55.8 Å². The number of nitrogens with one attached hydrogen (secondary N) is 6. The molecule has 0 bridgehead atoms. The number of nitrogens with zero attached hydrogens (tertiary/aromatic N) is 1. The van der Waals surface area contributed by atoms with Crippen LogP contribution in [0.2, 0.25) is 0 Å². The Morgan fingerprint density at radius 1 is 0.586 bits per heavy atom. The smallest absolute Gasteiger partial charge is 0.408 e. The maximum Gasteiger partial charge on any atom is 0.408 e. The number of hydrogen-bond donors (Lipinski definition) is 6. The number of ether oxygens (including phenoxy) is 4. The van der Waals surface area contributed by atoms with Crippen LogP contribution < -0.4 is 31.9 Å². The Bertz CT molecular complexity index is 2110. The van der Waals surface area contributed by atoms with Crippen molar-refractivity contribution in [3.63, 3.8) is 0 Å². The van der Waals surface area contributed by atoms with E-state index < -0.39 is 99.8 Å². The van der Waals surface area contributed by atoms with Crippen molar-refractivity contribution in [3.8, 4) is 0 Å². The van der Waals surface area contributed by atoms with Gasteiger partial charge in [0.05, 0.1) is 13.7 Å². The molecule has 3 rings (SSSR count). The lowest BCUT2D eigenvalue weighted by molar-refractivity contribution is -0.148. The molecule has 6 N–H and O–H groups in total. The Morgan fingerprint density at radius 2 is 1.06 bits per heavy atom. The van der Waals surface area contributed by atoms with Gasteiger partial charge in [-0.1, -0.05) is 81.4 Å². The van der Waals surface area contributed by atoms with Crippen LogP contribution in [0.15, 0.2) is 60.7 Å². The van der Waals surface area contributed by atoms with Crippen LogP contribution in [-0.4, -0.2) is 126 Å². The third-order valence-electron chi connectivity index (χ3n) is 10.7. The van der Waals surface area contributed by atoms with Gasteiger partial charge in [-0.05, 0) is 98.1 Å². The van der Waals surface area contributed by atoms with E-state index in [9.17, 15) is 38.4 Å². The highest BCUT2D eigenvalue weighted by molar-refractivity contribution is 5.96. The molecule has 1 fully saturated rings. The number of rotatable bonds is 19. The second kappa shape index (κ2) is 24.9. The summed E-state index contributed by atoms with van der Waals surface area (Å²) >= 11 is 0. The summed E-state index contributed by atoms with van der Waals surface area (Å²) in [5.74, 6) is -3.46. The molecule has 1 aliphatic rings. The van der Waals surface area contributed by atoms with E-state index in [1.807, 2.05) is 12.1 Å². The molecule has 1 unspecified atom stereocenters. The molecule has 2 aromatic rings. The summed E-state index contributed by atoms with van der Waals surface area (Å²) in [6.45, 7) is 20.4. The number of likely N-dealkylation sites (tertiary alicyclic amines) is 1. The zero-order valence-corrected chi connectivity index (χ0v) is 43.3. The van der Waals surface area contributed by atoms with Gasteiger partial charge in [0.2, 0.25) is 23.6 Å². The number of hydrogen-bond acceptors (Lipinski definition) is 12. The van der Waals surface area contributed by atoms with E-state index in [2.05, 4.69) is 31.9 Å². The number of methoxy groups -OCH3 is 1. The van der Waals surface area contributed by atoms with Gasteiger partial charge in [0.25, 0.3) is 0 Å². The molecular weight excluding hydrogens is 903 g/mol. The summed E-state index contributed by atoms with van der Waals surface area (Å²) in [6, 6.07) is 13.1. The second-order valence-corrected chi connectivity index (χ2v) is 21.6. The second-order valence-electron chi connectivity index (χ2n) is 21.6. The van der Waals surface area contributed by atoms with Crippen molar-refractivity contribution in [1.82, 2.24) is 36.8 Å². The SMILES string of the molecule is COC(=O)C1(NC(=O)OC(C)(C)C)CCN(C(=O)[C@@H](CCCCNC(=O)OC(C)(C)C)NC(=O)[C@H](NC(=O)[C@@H](Cc2ccccc2)NC(=O)[C@@H](Cc2ccccc2)NC(=O)OC(C)(C)C)C(C)(C)C)C1. The van der Waals surface area contributed by atoms with E-state index in [4.69, 9.17) is 18.9 Å². The molecule has 1 heterocycles. The van der Waals surface area contributed by atoms with Crippen molar-refractivity contribution in [2.24, 2.45) is 5.41 Å². The van der Waals surface area contributed by atoms with Gasteiger partial charge >= 0.3 is 24.2 Å². The van der Waals surface area contributed by atoms with Crippen LogP contribution >= 0.6 is 0 Å². The number of alkyl carbamates (subject to hydrolysis) is 3. The van der Waals surface area contributed by atoms with Crippen molar-refractivity contribution in [3.05, 3.63) is 71.8 Å². The van der Waals surface area contributed by atoms with Gasteiger partial charge in [-0.3, -0.25) is 19.2 Å². The molecular formula is C51H77N7O12. The van der Waals surface area contributed by atoms with Crippen LogP contribution in [0, 0.1) is 5.41 Å². The minimum absolute atomic E-state index is 0.00461. The summed E-state index contributed by atoms with van der Waals surface area (Å²) in [6.07, 6.45) is -1.47. The van der Waals surface area contributed by atoms with E-state index >= 15 is 0 Å². The number of esters is 1. The fourth-order valence-corrected chi connectivity index (χ4v) is 7.48. The quantitative estimate of drug-likeness (QED) is 0.0602. The van der Waals surface area contributed by atoms with Crippen LogP contribution in [0.25, 0.3) is 0 Å². The zero-order valence-electron chi connectivity index (χ0n) is 43.3. The average molecular weight is 980 g/mol. The van der Waals surface area contributed by atoms with E-state index in [0.717, 1.165) is 5.56 Å². The molecule has 0 aromatic heterocycles. The lowest BCUT2D eigenvalue weighted by Crippen LogP contribution is -2.62. The Hall–Kier alpha value is -6.40. The first-order valence-corrected chi connectivity index (χ1v) is 23.7. The third kappa shape index (κ3) is 19.9. The number of carbonyl (C=O) groups is 8. The standard InChI is InChI=1S/C51H77N7O12/c1-47(2,3)38(56-40(60)36(30-33-22-16-14-17-23-33)54-39(59)37(31-34-24-18-15-19-25-34)55-45(65)69-49(7,8)9)41(61)53-35(26-20-21-28-52-44(64)68-48(4,5)6)42(62)58-29-27-51(32-58,43(63)67-13)57-46(66)70-50(10,11)12/h14-19,22-25,35-38H,20-21,26-32H2,1-13H3,(H,52,64)(H,53,61)(H,54,59)(H,55,65)(H,56,60)(H,57,66)/t35-,36-,37-,38+,51?/m1/s1. The molecule has 70 heavy (non-hydrogen) atoms. The summed E-state index contributed by atoms with van der Waals surface area (Å²) in [7, 11) is 1.17. The molecule has 2 aromatic carbocycles. The first-order chi connectivity index (χ1) is 32.4. The number of amides is 7. The molecule has 1 aliphatic heterocycles. The fourth-order valence-electron chi connectivity index (χ4n) is 7.48. The Kier molecular flexibility index (Phi) is 20.6.